The molecule has 0 saturated carbocycles. The Morgan fingerprint density at radius 2 is 1.83 bits per heavy atom. The van der Waals surface area contributed by atoms with Gasteiger partial charge in [-0.2, -0.15) is 25.9 Å². The molecule has 1 aliphatic rings. The molecule has 7 nitrogen and oxygen atoms in total. The molecule has 0 amide bonds. The molecule has 23 heavy (non-hydrogen) atoms. The maximum absolute atomic E-state index is 12.8. The fourth-order valence-electron chi connectivity index (χ4n) is 1.97. The number of halogens is 3. The van der Waals surface area contributed by atoms with Crippen LogP contribution in [0, 0.1) is 0 Å². The van der Waals surface area contributed by atoms with Crippen LogP contribution < -0.4 is 4.72 Å². The van der Waals surface area contributed by atoms with E-state index in [1.165, 1.54) is 0 Å². The number of alkyl halides is 3. The van der Waals surface area contributed by atoms with Crippen LogP contribution in [0.1, 0.15) is 15.9 Å². The van der Waals surface area contributed by atoms with Crippen LogP contribution in [0.3, 0.4) is 0 Å². The molecule has 1 saturated heterocycles. The second kappa shape index (κ2) is 6.34. The number of morpholine rings is 1. The zero-order chi connectivity index (χ0) is 17.3. The molecular formula is C12H13F3N2O5S. The van der Waals surface area contributed by atoms with Crippen LogP contribution in [0.5, 0.6) is 0 Å². The Balaban J connectivity index is 2.34. The number of nitrogens with zero attached hydrogens (tertiary/aromatic N) is 1. The molecule has 0 aliphatic carbocycles. The number of ether oxygens (including phenoxy) is 1. The minimum atomic E-state index is -4.80. The van der Waals surface area contributed by atoms with Crippen LogP contribution in [-0.4, -0.2) is 50.1 Å². The lowest BCUT2D eigenvalue weighted by Gasteiger charge is -2.26. The van der Waals surface area contributed by atoms with Gasteiger partial charge in [0.15, 0.2) is 0 Å². The first-order valence-electron chi connectivity index (χ1n) is 6.41. The smallest absolute Gasteiger partial charge is 0.416 e. The molecule has 1 fully saturated rings. The Morgan fingerprint density at radius 1 is 1.22 bits per heavy atom. The van der Waals surface area contributed by atoms with Gasteiger partial charge >= 0.3 is 22.4 Å². The molecule has 1 aliphatic heterocycles. The van der Waals surface area contributed by atoms with Gasteiger partial charge in [-0.15, -0.1) is 0 Å². The number of carboxylic acid groups (broad SMARTS) is 1. The summed E-state index contributed by atoms with van der Waals surface area (Å²) in [6, 6.07) is 1.81. The van der Waals surface area contributed by atoms with Gasteiger partial charge in [-0.25, -0.2) is 4.79 Å². The van der Waals surface area contributed by atoms with Crippen molar-refractivity contribution in [2.24, 2.45) is 0 Å². The van der Waals surface area contributed by atoms with Crippen molar-refractivity contribution in [3.63, 3.8) is 0 Å². The van der Waals surface area contributed by atoms with Gasteiger partial charge in [0.25, 0.3) is 0 Å². The Labute approximate surface area is 129 Å². The topological polar surface area (TPSA) is 95.9 Å². The van der Waals surface area contributed by atoms with Crippen LogP contribution in [0.2, 0.25) is 0 Å². The molecule has 0 aromatic heterocycles. The largest absolute Gasteiger partial charge is 0.478 e. The van der Waals surface area contributed by atoms with E-state index >= 15 is 0 Å². The number of carboxylic acids is 1. The Hall–Kier alpha value is -1.85. The zero-order valence-corrected chi connectivity index (χ0v) is 12.4. The molecule has 1 heterocycles. The highest BCUT2D eigenvalue weighted by Crippen LogP contribution is 2.32. The molecule has 2 rings (SSSR count). The highest BCUT2D eigenvalue weighted by atomic mass is 32.2. The van der Waals surface area contributed by atoms with Crippen molar-refractivity contribution in [1.82, 2.24) is 4.31 Å². The first kappa shape index (κ1) is 17.5. The third kappa shape index (κ3) is 4.33. The summed E-state index contributed by atoms with van der Waals surface area (Å²) < 4.78 is 70.6. The highest BCUT2D eigenvalue weighted by Gasteiger charge is 2.33. The van der Waals surface area contributed by atoms with Gasteiger partial charge in [0, 0.05) is 13.1 Å². The Morgan fingerprint density at radius 3 is 2.35 bits per heavy atom. The van der Waals surface area contributed by atoms with Crippen molar-refractivity contribution in [3.05, 3.63) is 29.3 Å². The van der Waals surface area contributed by atoms with Crippen LogP contribution in [0.4, 0.5) is 18.9 Å². The molecule has 128 valence electrons. The summed E-state index contributed by atoms with van der Waals surface area (Å²) in [7, 11) is -4.10. The average molecular weight is 354 g/mol. The maximum atomic E-state index is 12.8. The fraction of sp³-hybridized carbons (Fsp3) is 0.417. The molecule has 0 spiro atoms. The number of carbonyl (C=O) groups is 1. The third-order valence-electron chi connectivity index (χ3n) is 3.06. The lowest BCUT2D eigenvalue weighted by molar-refractivity contribution is -0.137. The van der Waals surface area contributed by atoms with Gasteiger partial charge in [-0.1, -0.05) is 0 Å². The fourth-order valence-corrected chi connectivity index (χ4v) is 3.15. The second-order valence-electron chi connectivity index (χ2n) is 4.72. The van der Waals surface area contributed by atoms with Crippen LogP contribution in [0.15, 0.2) is 18.2 Å². The first-order valence-corrected chi connectivity index (χ1v) is 7.85. The molecule has 0 unspecified atom stereocenters. The van der Waals surface area contributed by atoms with Crippen LogP contribution in [-0.2, 0) is 21.1 Å². The van der Waals surface area contributed by atoms with E-state index in [0.717, 1.165) is 10.4 Å². The van der Waals surface area contributed by atoms with E-state index in [4.69, 9.17) is 9.84 Å². The minimum absolute atomic E-state index is 0.0556. The van der Waals surface area contributed by atoms with Crippen molar-refractivity contribution in [1.29, 1.82) is 0 Å². The monoisotopic (exact) mass is 354 g/mol. The van der Waals surface area contributed by atoms with E-state index in [0.29, 0.717) is 12.1 Å². The molecule has 1 aromatic rings. The Bertz CT molecular complexity index is 699. The molecule has 11 heteroatoms. The predicted molar refractivity (Wildman–Crippen MR) is 73.3 cm³/mol. The number of hydrogen-bond acceptors (Lipinski definition) is 4. The zero-order valence-electron chi connectivity index (χ0n) is 11.6. The summed E-state index contributed by atoms with van der Waals surface area (Å²) >= 11 is 0. The third-order valence-corrected chi connectivity index (χ3v) is 4.60. The number of anilines is 1. The number of aromatic carboxylic acids is 1. The van der Waals surface area contributed by atoms with Gasteiger partial charge in [0.2, 0.25) is 0 Å². The van der Waals surface area contributed by atoms with Gasteiger partial charge in [-0.05, 0) is 18.2 Å². The van der Waals surface area contributed by atoms with Crippen molar-refractivity contribution >= 4 is 21.9 Å². The van der Waals surface area contributed by atoms with Gasteiger partial charge in [-0.3, -0.25) is 4.72 Å². The van der Waals surface area contributed by atoms with Crippen molar-refractivity contribution in [3.8, 4) is 0 Å². The SMILES string of the molecule is O=C(O)c1cc(NS(=O)(=O)N2CCOCC2)cc(C(F)(F)F)c1. The number of benzene rings is 1. The van der Waals surface area contributed by atoms with E-state index in [-0.39, 0.29) is 26.3 Å². The maximum Gasteiger partial charge on any atom is 0.416 e. The van der Waals surface area contributed by atoms with Gasteiger partial charge in [0.05, 0.1) is 30.0 Å². The summed E-state index contributed by atoms with van der Waals surface area (Å²) in [4.78, 5) is 10.9. The van der Waals surface area contributed by atoms with Crippen molar-refractivity contribution in [2.75, 3.05) is 31.0 Å². The molecule has 1 aromatic carbocycles. The number of rotatable bonds is 4. The standard InChI is InChI=1S/C12H13F3N2O5S/c13-12(14,15)9-5-8(11(18)19)6-10(7-9)16-23(20,21)17-1-3-22-4-2-17/h5-7,16H,1-4H2,(H,18,19). The predicted octanol–water partition coefficient (Wildman–Crippen LogP) is 1.39. The summed E-state index contributed by atoms with van der Waals surface area (Å²) in [5.41, 5.74) is -2.39. The molecule has 0 atom stereocenters. The Kier molecular flexibility index (Phi) is 4.82. The van der Waals surface area contributed by atoms with Gasteiger partial charge in [0.1, 0.15) is 0 Å². The van der Waals surface area contributed by atoms with Crippen LogP contribution >= 0.6 is 0 Å². The minimum Gasteiger partial charge on any atom is -0.478 e. The molecule has 0 radical (unpaired) electrons. The van der Waals surface area contributed by atoms with Crippen molar-refractivity contribution < 1.29 is 36.2 Å². The summed E-state index contributed by atoms with van der Waals surface area (Å²) in [6.45, 7) is 0.452. The van der Waals surface area contributed by atoms with E-state index in [9.17, 15) is 26.4 Å². The quantitative estimate of drug-likeness (QED) is 0.852. The molecule has 0 bridgehead atoms. The summed E-state index contributed by atoms with van der Waals surface area (Å²) in [5.74, 6) is -1.59. The average Bonchev–Trinajstić information content (AvgIpc) is 2.46. The highest BCUT2D eigenvalue weighted by molar-refractivity contribution is 7.90. The summed E-state index contributed by atoms with van der Waals surface area (Å²) in [5, 5.41) is 8.87. The molecule has 2 N–H and O–H groups in total. The lowest BCUT2D eigenvalue weighted by Crippen LogP contribution is -2.43. The van der Waals surface area contributed by atoms with E-state index in [1.54, 1.807) is 0 Å². The van der Waals surface area contributed by atoms with Crippen molar-refractivity contribution in [2.45, 2.75) is 6.18 Å². The van der Waals surface area contributed by atoms with Crippen LogP contribution in [0.25, 0.3) is 0 Å². The number of hydrogen-bond donors (Lipinski definition) is 2. The summed E-state index contributed by atoms with van der Waals surface area (Å²) in [6.07, 6.45) is -4.80. The number of nitrogens with one attached hydrogen (secondary N) is 1. The van der Waals surface area contributed by atoms with E-state index < -0.39 is 39.2 Å². The normalized spacial score (nSPS) is 17.0. The molecular weight excluding hydrogens is 341 g/mol. The second-order valence-corrected chi connectivity index (χ2v) is 6.39. The van der Waals surface area contributed by atoms with E-state index in [2.05, 4.69) is 0 Å². The van der Waals surface area contributed by atoms with E-state index in [1.807, 2.05) is 4.72 Å². The first-order chi connectivity index (χ1) is 10.6. The van der Waals surface area contributed by atoms with Gasteiger partial charge < -0.3 is 9.84 Å². The lowest BCUT2D eigenvalue weighted by atomic mass is 10.1.